The Morgan fingerprint density at radius 1 is 1.67 bits per heavy atom. The van der Waals surface area contributed by atoms with Crippen LogP contribution in [0.4, 0.5) is 0 Å². The normalized spacial score (nSPS) is 10.3. The van der Waals surface area contributed by atoms with Gasteiger partial charge >= 0.3 is 0 Å². The van der Waals surface area contributed by atoms with Crippen LogP contribution in [0.15, 0.2) is 6.20 Å². The molecule has 15 heavy (non-hydrogen) atoms. The molecule has 0 aromatic carbocycles. The van der Waals surface area contributed by atoms with Crippen molar-refractivity contribution in [2.75, 3.05) is 19.8 Å². The fourth-order valence-corrected chi connectivity index (χ4v) is 1.01. The molecule has 1 rings (SSSR count). The van der Waals surface area contributed by atoms with E-state index in [4.69, 9.17) is 20.0 Å². The molecular formula is C9H15N3O3. The predicted octanol–water partition coefficient (Wildman–Crippen LogP) is 0.280. The average Bonchev–Trinajstić information content (AvgIpc) is 2.67. The minimum absolute atomic E-state index is 0.00421. The zero-order valence-electron chi connectivity index (χ0n) is 8.62. The van der Waals surface area contributed by atoms with Gasteiger partial charge in [-0.3, -0.25) is 5.41 Å². The first kappa shape index (κ1) is 11.7. The summed E-state index contributed by atoms with van der Waals surface area (Å²) in [6.45, 7) is 2.87. The van der Waals surface area contributed by atoms with E-state index in [9.17, 15) is 0 Å². The molecule has 0 saturated carbocycles. The number of hydrogen-bond donors (Lipinski definition) is 3. The number of nitrogens with one attached hydrogen (secondary N) is 2. The molecule has 3 N–H and O–H groups in total. The highest BCUT2D eigenvalue weighted by molar-refractivity contribution is 5.87. The molecule has 1 heterocycles. The van der Waals surface area contributed by atoms with Crippen LogP contribution in [0.3, 0.4) is 0 Å². The van der Waals surface area contributed by atoms with Gasteiger partial charge in [-0.2, -0.15) is 0 Å². The molecule has 84 valence electrons. The molecule has 0 atom stereocenters. The second-order valence-electron chi connectivity index (χ2n) is 2.80. The van der Waals surface area contributed by atoms with Crippen LogP contribution in [0.2, 0.25) is 0 Å². The van der Waals surface area contributed by atoms with Crippen molar-refractivity contribution in [2.45, 2.75) is 13.5 Å². The van der Waals surface area contributed by atoms with E-state index >= 15 is 0 Å². The van der Waals surface area contributed by atoms with Gasteiger partial charge in [0.25, 0.3) is 0 Å². The van der Waals surface area contributed by atoms with E-state index in [1.165, 1.54) is 0 Å². The topological polar surface area (TPSA) is 91.2 Å². The summed E-state index contributed by atoms with van der Waals surface area (Å²) >= 11 is 0. The third-order valence-electron chi connectivity index (χ3n) is 1.63. The van der Waals surface area contributed by atoms with Gasteiger partial charge in [-0.05, 0) is 6.92 Å². The van der Waals surface area contributed by atoms with Crippen molar-refractivity contribution in [1.29, 1.82) is 5.41 Å². The summed E-state index contributed by atoms with van der Waals surface area (Å²) in [7, 11) is 0. The van der Waals surface area contributed by atoms with Gasteiger partial charge in [-0.1, -0.05) is 0 Å². The van der Waals surface area contributed by atoms with E-state index in [0.717, 1.165) is 5.69 Å². The number of aromatic nitrogens is 2. The Morgan fingerprint density at radius 2 is 2.47 bits per heavy atom. The number of aliphatic hydroxyl groups excluding tert-OH is 1. The number of hydrogen-bond acceptors (Lipinski definition) is 5. The zero-order valence-corrected chi connectivity index (χ0v) is 8.62. The van der Waals surface area contributed by atoms with Gasteiger partial charge in [-0.15, -0.1) is 0 Å². The van der Waals surface area contributed by atoms with Crippen LogP contribution < -0.4 is 0 Å². The lowest BCUT2D eigenvalue weighted by Crippen LogP contribution is -2.07. The van der Waals surface area contributed by atoms with Crippen LogP contribution in [0.1, 0.15) is 18.4 Å². The summed E-state index contributed by atoms with van der Waals surface area (Å²) in [5.74, 6) is 0.408. The Hall–Kier alpha value is -1.40. The summed E-state index contributed by atoms with van der Waals surface area (Å²) in [5, 5.41) is 16.0. The number of nitrogens with zero attached hydrogens (tertiary/aromatic N) is 1. The van der Waals surface area contributed by atoms with Crippen molar-refractivity contribution >= 4 is 5.90 Å². The summed E-state index contributed by atoms with van der Waals surface area (Å²) in [5.41, 5.74) is 0.753. The maximum atomic E-state index is 8.50. The highest BCUT2D eigenvalue weighted by atomic mass is 16.5. The van der Waals surface area contributed by atoms with E-state index in [2.05, 4.69) is 9.97 Å². The van der Waals surface area contributed by atoms with E-state index in [1.54, 1.807) is 6.20 Å². The lowest BCUT2D eigenvalue weighted by molar-refractivity contribution is 0.0799. The second kappa shape index (κ2) is 6.15. The van der Waals surface area contributed by atoms with Crippen LogP contribution in [0, 0.1) is 5.41 Å². The fourth-order valence-electron chi connectivity index (χ4n) is 1.01. The quantitative estimate of drug-likeness (QED) is 0.359. The van der Waals surface area contributed by atoms with Crippen molar-refractivity contribution in [2.24, 2.45) is 0 Å². The molecule has 0 spiro atoms. The standard InChI is InChI=1S/C9H15N3O3/c1-2-15-8(10)9-11-5-7(12-9)6-14-4-3-13/h5,10,13H,2-4,6H2,1H3,(H,11,12). The smallest absolute Gasteiger partial charge is 0.250 e. The summed E-state index contributed by atoms with van der Waals surface area (Å²) in [6.07, 6.45) is 1.58. The lowest BCUT2D eigenvalue weighted by atomic mass is 10.5. The Morgan fingerprint density at radius 3 is 3.13 bits per heavy atom. The molecule has 1 aromatic heterocycles. The van der Waals surface area contributed by atoms with Crippen molar-refractivity contribution in [3.05, 3.63) is 17.7 Å². The molecule has 6 nitrogen and oxygen atoms in total. The fraction of sp³-hybridized carbons (Fsp3) is 0.556. The van der Waals surface area contributed by atoms with Gasteiger partial charge < -0.3 is 19.6 Å². The van der Waals surface area contributed by atoms with Gasteiger partial charge in [0.1, 0.15) is 0 Å². The Balaban J connectivity index is 2.45. The van der Waals surface area contributed by atoms with E-state index in [0.29, 0.717) is 19.0 Å². The Bertz CT molecular complexity index is 311. The minimum Gasteiger partial charge on any atom is -0.476 e. The number of rotatable bonds is 6. The van der Waals surface area contributed by atoms with Crippen LogP contribution in [0.5, 0.6) is 0 Å². The Labute approximate surface area is 87.8 Å². The highest BCUT2D eigenvalue weighted by Crippen LogP contribution is 2.00. The van der Waals surface area contributed by atoms with E-state index < -0.39 is 0 Å². The predicted molar refractivity (Wildman–Crippen MR) is 53.8 cm³/mol. The summed E-state index contributed by atoms with van der Waals surface area (Å²) in [4.78, 5) is 6.86. The Kier molecular flexibility index (Phi) is 4.79. The maximum absolute atomic E-state index is 8.50. The second-order valence-corrected chi connectivity index (χ2v) is 2.80. The van der Waals surface area contributed by atoms with Gasteiger partial charge in [-0.25, -0.2) is 4.98 Å². The van der Waals surface area contributed by atoms with Gasteiger partial charge in [0.2, 0.25) is 5.90 Å². The number of ether oxygens (including phenoxy) is 2. The van der Waals surface area contributed by atoms with Gasteiger partial charge in [0, 0.05) is 0 Å². The largest absolute Gasteiger partial charge is 0.476 e. The molecule has 0 aliphatic heterocycles. The van der Waals surface area contributed by atoms with Crippen molar-refractivity contribution in [1.82, 2.24) is 9.97 Å². The molecule has 6 heteroatoms. The molecule has 0 bridgehead atoms. The molecule has 0 saturated heterocycles. The van der Waals surface area contributed by atoms with Gasteiger partial charge in [0.15, 0.2) is 5.82 Å². The lowest BCUT2D eigenvalue weighted by Gasteiger charge is -2.00. The van der Waals surface area contributed by atoms with Crippen molar-refractivity contribution < 1.29 is 14.6 Å². The number of H-pyrrole nitrogens is 1. The molecule has 0 aliphatic carbocycles. The summed E-state index contributed by atoms with van der Waals surface area (Å²) < 4.78 is 10.1. The van der Waals surface area contributed by atoms with Crippen LogP contribution in [-0.2, 0) is 16.1 Å². The third-order valence-corrected chi connectivity index (χ3v) is 1.63. The zero-order chi connectivity index (χ0) is 11.1. The minimum atomic E-state index is -0.00421. The first-order valence-corrected chi connectivity index (χ1v) is 4.72. The maximum Gasteiger partial charge on any atom is 0.250 e. The molecule has 1 aromatic rings. The molecule has 0 unspecified atom stereocenters. The van der Waals surface area contributed by atoms with E-state index in [1.807, 2.05) is 6.92 Å². The molecule has 0 amide bonds. The first-order valence-electron chi connectivity index (χ1n) is 4.72. The van der Waals surface area contributed by atoms with Crippen LogP contribution >= 0.6 is 0 Å². The molecule has 0 fully saturated rings. The average molecular weight is 213 g/mol. The van der Waals surface area contributed by atoms with Crippen molar-refractivity contribution in [3.63, 3.8) is 0 Å². The first-order chi connectivity index (χ1) is 7.27. The third kappa shape index (κ3) is 3.69. The van der Waals surface area contributed by atoms with E-state index in [-0.39, 0.29) is 19.1 Å². The molecule has 0 aliphatic rings. The number of imidazole rings is 1. The molecule has 0 radical (unpaired) electrons. The summed E-state index contributed by atoms with van der Waals surface area (Å²) in [6, 6.07) is 0. The SMILES string of the molecule is CCOC(=N)c1ncc(COCCO)[nH]1. The van der Waals surface area contributed by atoms with Crippen LogP contribution in [-0.4, -0.2) is 40.8 Å². The van der Waals surface area contributed by atoms with Crippen molar-refractivity contribution in [3.8, 4) is 0 Å². The number of aliphatic hydroxyl groups is 1. The molecular weight excluding hydrogens is 198 g/mol. The number of aromatic amines is 1. The monoisotopic (exact) mass is 213 g/mol. The van der Waals surface area contributed by atoms with Gasteiger partial charge in [0.05, 0.1) is 38.3 Å². The van der Waals surface area contributed by atoms with Crippen LogP contribution in [0.25, 0.3) is 0 Å². The highest BCUT2D eigenvalue weighted by Gasteiger charge is 2.06.